The summed E-state index contributed by atoms with van der Waals surface area (Å²) in [7, 11) is 1.33. The van der Waals surface area contributed by atoms with Crippen molar-refractivity contribution in [2.75, 3.05) is 20.2 Å². The van der Waals surface area contributed by atoms with Crippen LogP contribution in [0.2, 0.25) is 0 Å². The first-order chi connectivity index (χ1) is 11.0. The van der Waals surface area contributed by atoms with E-state index in [0.717, 1.165) is 12.0 Å². The molecule has 2 saturated heterocycles. The number of nitrogens with one attached hydrogen (secondary N) is 2. The number of rotatable bonds is 4. The second kappa shape index (κ2) is 6.00. The zero-order valence-electron chi connectivity index (χ0n) is 12.9. The number of carbonyl (C=O) groups excluding carboxylic acids is 3. The van der Waals surface area contributed by atoms with Crippen molar-refractivity contribution in [1.82, 2.24) is 15.5 Å². The lowest BCUT2D eigenvalue weighted by molar-refractivity contribution is -0.145. The topological polar surface area (TPSA) is 87.7 Å². The molecule has 0 bridgehead atoms. The van der Waals surface area contributed by atoms with Crippen LogP contribution in [0.4, 0.5) is 4.79 Å². The summed E-state index contributed by atoms with van der Waals surface area (Å²) >= 11 is 0. The SMILES string of the molecule is COC(=O)[C@@H]1C[C@]2(CN1CCc1ccccc1)NC(=O)NC2=O. The van der Waals surface area contributed by atoms with Crippen LogP contribution in [-0.4, -0.2) is 54.6 Å². The Kier molecular flexibility index (Phi) is 4.04. The molecule has 23 heavy (non-hydrogen) atoms. The number of urea groups is 1. The fraction of sp³-hybridized carbons (Fsp3) is 0.438. The molecule has 0 aliphatic carbocycles. The largest absolute Gasteiger partial charge is 0.468 e. The van der Waals surface area contributed by atoms with Crippen LogP contribution < -0.4 is 10.6 Å². The highest BCUT2D eigenvalue weighted by atomic mass is 16.5. The molecule has 0 radical (unpaired) electrons. The monoisotopic (exact) mass is 317 g/mol. The molecule has 0 aromatic heterocycles. The first kappa shape index (κ1) is 15.5. The normalized spacial score (nSPS) is 27.1. The molecule has 1 aromatic carbocycles. The number of benzene rings is 1. The predicted octanol–water partition coefficient (Wildman–Crippen LogP) is 0.0546. The van der Waals surface area contributed by atoms with Crippen molar-refractivity contribution in [1.29, 1.82) is 0 Å². The quantitative estimate of drug-likeness (QED) is 0.605. The van der Waals surface area contributed by atoms with Gasteiger partial charge in [0, 0.05) is 19.5 Å². The first-order valence-electron chi connectivity index (χ1n) is 7.53. The van der Waals surface area contributed by atoms with Crippen molar-refractivity contribution in [3.8, 4) is 0 Å². The average Bonchev–Trinajstić information content (AvgIpc) is 3.05. The second-order valence-corrected chi connectivity index (χ2v) is 5.94. The van der Waals surface area contributed by atoms with Crippen LogP contribution in [0.15, 0.2) is 30.3 Å². The molecule has 2 N–H and O–H groups in total. The molecular formula is C16H19N3O4. The Morgan fingerprint density at radius 2 is 2.09 bits per heavy atom. The van der Waals surface area contributed by atoms with Gasteiger partial charge < -0.3 is 10.1 Å². The van der Waals surface area contributed by atoms with Gasteiger partial charge in [0.1, 0.15) is 11.6 Å². The van der Waals surface area contributed by atoms with Crippen molar-refractivity contribution in [3.63, 3.8) is 0 Å². The van der Waals surface area contributed by atoms with Crippen LogP contribution in [0.1, 0.15) is 12.0 Å². The molecule has 2 aliphatic rings. The van der Waals surface area contributed by atoms with E-state index < -0.39 is 17.6 Å². The van der Waals surface area contributed by atoms with E-state index in [2.05, 4.69) is 10.6 Å². The Morgan fingerprint density at radius 3 is 2.70 bits per heavy atom. The minimum absolute atomic E-state index is 0.228. The minimum Gasteiger partial charge on any atom is -0.468 e. The molecule has 1 aromatic rings. The highest BCUT2D eigenvalue weighted by Crippen LogP contribution is 2.30. The highest BCUT2D eigenvalue weighted by molar-refractivity contribution is 6.07. The molecule has 7 nitrogen and oxygen atoms in total. The number of amides is 3. The standard InChI is InChI=1S/C16H19N3O4/c1-23-13(20)12-9-16(14(21)17-15(22)18-16)10-19(12)8-7-11-5-3-2-4-6-11/h2-6,12H,7-10H2,1H3,(H2,17,18,21,22)/t12-,16+/m0/s1. The lowest BCUT2D eigenvalue weighted by Crippen LogP contribution is -2.49. The van der Waals surface area contributed by atoms with E-state index in [1.54, 1.807) is 0 Å². The van der Waals surface area contributed by atoms with Gasteiger partial charge in [-0.3, -0.25) is 19.8 Å². The average molecular weight is 317 g/mol. The van der Waals surface area contributed by atoms with Crippen LogP contribution >= 0.6 is 0 Å². The van der Waals surface area contributed by atoms with E-state index in [1.165, 1.54) is 7.11 Å². The summed E-state index contributed by atoms with van der Waals surface area (Å²) in [6.07, 6.45) is 0.978. The number of nitrogens with zero attached hydrogens (tertiary/aromatic N) is 1. The molecule has 7 heteroatoms. The number of methoxy groups -OCH3 is 1. The van der Waals surface area contributed by atoms with Gasteiger partial charge in [0.2, 0.25) is 0 Å². The molecule has 2 fully saturated rings. The summed E-state index contributed by atoms with van der Waals surface area (Å²) in [5.41, 5.74) is 0.115. The fourth-order valence-electron chi connectivity index (χ4n) is 3.28. The van der Waals surface area contributed by atoms with Crippen LogP contribution in [0.3, 0.4) is 0 Å². The number of hydrogen-bond donors (Lipinski definition) is 2. The number of esters is 1. The number of hydrogen-bond acceptors (Lipinski definition) is 5. The van der Waals surface area contributed by atoms with Crippen molar-refractivity contribution >= 4 is 17.9 Å². The molecule has 1 spiro atoms. The van der Waals surface area contributed by atoms with E-state index in [1.807, 2.05) is 35.2 Å². The molecule has 3 rings (SSSR count). The summed E-state index contributed by atoms with van der Waals surface area (Å²) in [6.45, 7) is 0.909. The third-order valence-corrected chi connectivity index (χ3v) is 4.47. The molecular weight excluding hydrogens is 298 g/mol. The zero-order valence-corrected chi connectivity index (χ0v) is 12.9. The third-order valence-electron chi connectivity index (χ3n) is 4.47. The van der Waals surface area contributed by atoms with Gasteiger partial charge in [0.15, 0.2) is 0 Å². The van der Waals surface area contributed by atoms with Gasteiger partial charge in [-0.15, -0.1) is 0 Å². The maximum absolute atomic E-state index is 12.1. The fourth-order valence-corrected chi connectivity index (χ4v) is 3.28. The summed E-state index contributed by atoms with van der Waals surface area (Å²) in [5, 5.41) is 4.92. The molecule has 122 valence electrons. The number of likely N-dealkylation sites (tertiary alicyclic amines) is 1. The molecule has 2 heterocycles. The number of carbonyl (C=O) groups is 3. The van der Waals surface area contributed by atoms with Crippen LogP contribution in [0.25, 0.3) is 0 Å². The van der Waals surface area contributed by atoms with E-state index in [0.29, 0.717) is 13.1 Å². The smallest absolute Gasteiger partial charge is 0.323 e. The highest BCUT2D eigenvalue weighted by Gasteiger charge is 2.56. The summed E-state index contributed by atoms with van der Waals surface area (Å²) < 4.78 is 4.86. The summed E-state index contributed by atoms with van der Waals surface area (Å²) in [4.78, 5) is 37.5. The van der Waals surface area contributed by atoms with E-state index >= 15 is 0 Å². The zero-order chi connectivity index (χ0) is 16.4. The lowest BCUT2D eigenvalue weighted by Gasteiger charge is -2.22. The summed E-state index contributed by atoms with van der Waals surface area (Å²) in [6, 6.07) is 8.86. The number of imide groups is 1. The maximum Gasteiger partial charge on any atom is 0.323 e. The van der Waals surface area contributed by atoms with Crippen molar-refractivity contribution in [2.45, 2.75) is 24.4 Å². The molecule has 0 saturated carbocycles. The second-order valence-electron chi connectivity index (χ2n) is 5.94. The predicted molar refractivity (Wildman–Crippen MR) is 81.5 cm³/mol. The van der Waals surface area contributed by atoms with E-state index in [9.17, 15) is 14.4 Å². The van der Waals surface area contributed by atoms with Gasteiger partial charge >= 0.3 is 12.0 Å². The first-order valence-corrected chi connectivity index (χ1v) is 7.53. The Balaban J connectivity index is 1.75. The van der Waals surface area contributed by atoms with Crippen LogP contribution in [-0.2, 0) is 20.7 Å². The Bertz CT molecular complexity index is 633. The Morgan fingerprint density at radius 1 is 1.35 bits per heavy atom. The lowest BCUT2D eigenvalue weighted by atomic mass is 9.96. The summed E-state index contributed by atoms with van der Waals surface area (Å²) in [5.74, 6) is -0.762. The van der Waals surface area contributed by atoms with Gasteiger partial charge in [-0.25, -0.2) is 4.79 Å². The van der Waals surface area contributed by atoms with Crippen LogP contribution in [0.5, 0.6) is 0 Å². The molecule has 2 atom stereocenters. The van der Waals surface area contributed by atoms with Gasteiger partial charge in [0.05, 0.1) is 7.11 Å². The molecule has 2 aliphatic heterocycles. The van der Waals surface area contributed by atoms with Crippen molar-refractivity contribution < 1.29 is 19.1 Å². The molecule has 0 unspecified atom stereocenters. The van der Waals surface area contributed by atoms with Crippen molar-refractivity contribution in [2.24, 2.45) is 0 Å². The van der Waals surface area contributed by atoms with E-state index in [-0.39, 0.29) is 18.3 Å². The minimum atomic E-state index is -1.04. The van der Waals surface area contributed by atoms with Gasteiger partial charge in [-0.1, -0.05) is 30.3 Å². The Labute approximate surface area is 134 Å². The van der Waals surface area contributed by atoms with Gasteiger partial charge in [0.25, 0.3) is 5.91 Å². The Hall–Kier alpha value is -2.41. The number of ether oxygens (including phenoxy) is 1. The van der Waals surface area contributed by atoms with E-state index in [4.69, 9.17) is 4.74 Å². The van der Waals surface area contributed by atoms with Crippen molar-refractivity contribution in [3.05, 3.63) is 35.9 Å². The molecule has 3 amide bonds. The van der Waals surface area contributed by atoms with Gasteiger partial charge in [-0.05, 0) is 12.0 Å². The van der Waals surface area contributed by atoms with Crippen LogP contribution in [0, 0.1) is 0 Å². The third kappa shape index (κ3) is 2.92. The van der Waals surface area contributed by atoms with Gasteiger partial charge in [-0.2, -0.15) is 0 Å². The maximum atomic E-state index is 12.1.